The maximum absolute atomic E-state index is 12.1. The lowest BCUT2D eigenvalue weighted by Crippen LogP contribution is -2.37. The van der Waals surface area contributed by atoms with Crippen LogP contribution in [0, 0.1) is 0 Å². The number of aryl methyl sites for hydroxylation is 2. The fourth-order valence-corrected chi connectivity index (χ4v) is 4.06. The summed E-state index contributed by atoms with van der Waals surface area (Å²) in [5.41, 5.74) is 5.97. The summed E-state index contributed by atoms with van der Waals surface area (Å²) in [5, 5.41) is 15.2. The number of rotatable bonds is 8. The van der Waals surface area contributed by atoms with Crippen LogP contribution in [-0.4, -0.2) is 88.3 Å². The molecule has 3 aromatic rings. The highest BCUT2D eigenvalue weighted by Gasteiger charge is 2.18. The fourth-order valence-electron chi connectivity index (χ4n) is 4.06. The van der Waals surface area contributed by atoms with Crippen LogP contribution in [0.1, 0.15) is 27.4 Å². The molecule has 192 valence electrons. The molecular formula is C24H28N10O3. The molecule has 1 saturated heterocycles. The lowest BCUT2D eigenvalue weighted by atomic mass is 10.1. The minimum Gasteiger partial charge on any atom is -0.378 e. The van der Waals surface area contributed by atoms with Gasteiger partial charge in [-0.15, -0.1) is 5.10 Å². The number of hydrogen-bond acceptors (Lipinski definition) is 10. The van der Waals surface area contributed by atoms with Gasteiger partial charge >= 0.3 is 0 Å². The molecule has 0 atom stereocenters. The van der Waals surface area contributed by atoms with Crippen molar-refractivity contribution in [2.24, 2.45) is 5.10 Å². The van der Waals surface area contributed by atoms with Crippen molar-refractivity contribution in [2.45, 2.75) is 19.4 Å². The number of carbonyl (C=O) groups excluding carboxylic acids is 2. The minimum absolute atomic E-state index is 0.00205. The molecule has 1 fully saturated rings. The van der Waals surface area contributed by atoms with Gasteiger partial charge < -0.3 is 19.9 Å². The Morgan fingerprint density at radius 2 is 2.08 bits per heavy atom. The van der Waals surface area contributed by atoms with Gasteiger partial charge in [0.1, 0.15) is 11.6 Å². The number of ether oxygens (including phenoxy) is 1. The van der Waals surface area contributed by atoms with E-state index in [4.69, 9.17) is 9.72 Å². The molecule has 0 bridgehead atoms. The zero-order valence-electron chi connectivity index (χ0n) is 20.7. The largest absolute Gasteiger partial charge is 0.378 e. The Hall–Kier alpha value is -4.39. The molecule has 5 rings (SSSR count). The van der Waals surface area contributed by atoms with Gasteiger partial charge in [-0.3, -0.25) is 19.7 Å². The Kier molecular flexibility index (Phi) is 7.03. The fraction of sp³-hybridized carbons (Fsp3) is 0.375. The van der Waals surface area contributed by atoms with E-state index in [0.717, 1.165) is 35.7 Å². The number of hydrogen-bond donors (Lipinski definition) is 2. The Labute approximate surface area is 213 Å². The molecule has 37 heavy (non-hydrogen) atoms. The van der Waals surface area contributed by atoms with E-state index in [9.17, 15) is 9.59 Å². The first-order valence-corrected chi connectivity index (χ1v) is 12.0. The smallest absolute Gasteiger partial charge is 0.275 e. The molecule has 0 aliphatic carbocycles. The van der Waals surface area contributed by atoms with Crippen LogP contribution in [0.25, 0.3) is 0 Å². The van der Waals surface area contributed by atoms with E-state index in [2.05, 4.69) is 36.0 Å². The SMILES string of the molecule is CN(C)C(=O)c1cn(CCc2nc(NN=Cc3ccc4c(c3)CC(=O)N4)cc(N3CCOCC3)n2)nn1. The number of fused-ring (bicyclic) bond motifs is 1. The molecule has 0 radical (unpaired) electrons. The van der Waals surface area contributed by atoms with E-state index in [1.54, 1.807) is 31.2 Å². The molecule has 2 N–H and O–H groups in total. The van der Waals surface area contributed by atoms with Gasteiger partial charge in [-0.2, -0.15) is 5.10 Å². The second-order valence-electron chi connectivity index (χ2n) is 8.96. The number of nitrogens with zero attached hydrogens (tertiary/aromatic N) is 8. The van der Waals surface area contributed by atoms with Gasteiger partial charge in [0.25, 0.3) is 5.91 Å². The molecule has 13 nitrogen and oxygen atoms in total. The number of carbonyl (C=O) groups is 2. The van der Waals surface area contributed by atoms with E-state index >= 15 is 0 Å². The molecular weight excluding hydrogens is 476 g/mol. The van der Waals surface area contributed by atoms with Crippen molar-refractivity contribution in [3.8, 4) is 0 Å². The van der Waals surface area contributed by atoms with Crippen molar-refractivity contribution >= 4 is 35.4 Å². The normalized spacial score (nSPS) is 15.1. The van der Waals surface area contributed by atoms with Crippen molar-refractivity contribution < 1.29 is 14.3 Å². The summed E-state index contributed by atoms with van der Waals surface area (Å²) in [6, 6.07) is 7.58. The molecule has 2 aromatic heterocycles. The van der Waals surface area contributed by atoms with E-state index in [1.807, 2.05) is 24.3 Å². The van der Waals surface area contributed by atoms with Crippen LogP contribution >= 0.6 is 0 Å². The summed E-state index contributed by atoms with van der Waals surface area (Å²) in [4.78, 5) is 36.7. The van der Waals surface area contributed by atoms with Crippen molar-refractivity contribution in [1.82, 2.24) is 29.9 Å². The van der Waals surface area contributed by atoms with E-state index in [-0.39, 0.29) is 17.5 Å². The summed E-state index contributed by atoms with van der Waals surface area (Å²) in [6.45, 7) is 3.21. The Morgan fingerprint density at radius 1 is 1.24 bits per heavy atom. The van der Waals surface area contributed by atoms with E-state index in [0.29, 0.717) is 44.2 Å². The van der Waals surface area contributed by atoms with Crippen molar-refractivity contribution in [3.05, 3.63) is 53.1 Å². The third-order valence-corrected chi connectivity index (χ3v) is 5.97. The number of hydrazone groups is 1. The average molecular weight is 505 g/mol. The van der Waals surface area contributed by atoms with Crippen LogP contribution in [0.4, 0.5) is 17.3 Å². The third-order valence-electron chi connectivity index (χ3n) is 5.97. The second kappa shape index (κ2) is 10.7. The van der Waals surface area contributed by atoms with Crippen molar-refractivity contribution in [3.63, 3.8) is 0 Å². The quantitative estimate of drug-likeness (QED) is 0.336. The Morgan fingerprint density at radius 3 is 2.89 bits per heavy atom. The number of benzene rings is 1. The average Bonchev–Trinajstić information content (AvgIpc) is 3.53. The third kappa shape index (κ3) is 5.89. The summed E-state index contributed by atoms with van der Waals surface area (Å²) < 4.78 is 7.09. The number of aromatic nitrogens is 5. The highest BCUT2D eigenvalue weighted by Crippen LogP contribution is 2.23. The van der Waals surface area contributed by atoms with Gasteiger partial charge in [0.2, 0.25) is 5.91 Å². The highest BCUT2D eigenvalue weighted by atomic mass is 16.5. The molecule has 4 heterocycles. The van der Waals surface area contributed by atoms with E-state index in [1.165, 1.54) is 4.90 Å². The van der Waals surface area contributed by atoms with Gasteiger partial charge in [-0.05, 0) is 23.3 Å². The van der Waals surface area contributed by atoms with Gasteiger partial charge in [0, 0.05) is 51.9 Å². The van der Waals surface area contributed by atoms with Gasteiger partial charge in [-0.25, -0.2) is 9.97 Å². The Bertz CT molecular complexity index is 1330. The van der Waals surface area contributed by atoms with Crippen LogP contribution in [-0.2, 0) is 28.9 Å². The number of nitrogens with one attached hydrogen (secondary N) is 2. The first kappa shape index (κ1) is 24.3. The minimum atomic E-state index is -0.201. The van der Waals surface area contributed by atoms with Gasteiger partial charge in [0.15, 0.2) is 11.5 Å². The lowest BCUT2D eigenvalue weighted by Gasteiger charge is -2.28. The first-order chi connectivity index (χ1) is 17.9. The predicted molar refractivity (Wildman–Crippen MR) is 137 cm³/mol. The maximum atomic E-state index is 12.1. The van der Waals surface area contributed by atoms with Gasteiger partial charge in [-0.1, -0.05) is 11.3 Å². The number of amides is 2. The molecule has 13 heteroatoms. The van der Waals surface area contributed by atoms with Crippen LogP contribution in [0.3, 0.4) is 0 Å². The van der Waals surface area contributed by atoms with Crippen molar-refractivity contribution in [1.29, 1.82) is 0 Å². The summed E-state index contributed by atoms with van der Waals surface area (Å²) in [7, 11) is 3.34. The molecule has 2 amide bonds. The monoisotopic (exact) mass is 504 g/mol. The number of anilines is 3. The zero-order chi connectivity index (χ0) is 25.8. The molecule has 0 spiro atoms. The lowest BCUT2D eigenvalue weighted by molar-refractivity contribution is -0.115. The van der Waals surface area contributed by atoms with E-state index < -0.39 is 0 Å². The molecule has 2 aliphatic heterocycles. The predicted octanol–water partition coefficient (Wildman–Crippen LogP) is 0.790. The molecule has 0 unspecified atom stereocenters. The summed E-state index contributed by atoms with van der Waals surface area (Å²) in [5.74, 6) is 1.75. The van der Waals surface area contributed by atoms with Crippen LogP contribution < -0.4 is 15.6 Å². The topological polar surface area (TPSA) is 143 Å². The first-order valence-electron chi connectivity index (χ1n) is 12.0. The van der Waals surface area contributed by atoms with Crippen molar-refractivity contribution in [2.75, 3.05) is 56.0 Å². The molecule has 0 saturated carbocycles. The summed E-state index contributed by atoms with van der Waals surface area (Å²) >= 11 is 0. The van der Waals surface area contributed by atoms with Gasteiger partial charge in [0.05, 0.1) is 32.0 Å². The van der Waals surface area contributed by atoms with Crippen LogP contribution in [0.15, 0.2) is 35.6 Å². The maximum Gasteiger partial charge on any atom is 0.275 e. The second-order valence-corrected chi connectivity index (χ2v) is 8.96. The number of morpholine rings is 1. The van der Waals surface area contributed by atoms with Crippen LogP contribution in [0.5, 0.6) is 0 Å². The Balaban J connectivity index is 1.30. The van der Waals surface area contributed by atoms with Crippen LogP contribution in [0.2, 0.25) is 0 Å². The summed E-state index contributed by atoms with van der Waals surface area (Å²) in [6.07, 6.45) is 4.18. The molecule has 2 aliphatic rings. The standard InChI is InChI=1S/C24H28N10O3/c1-32(2)24(36)19-15-34(31-29-19)6-5-20-27-21(13-22(28-20)33-7-9-37-10-8-33)30-25-14-16-3-4-18-17(11-16)12-23(35)26-18/h3-4,11,13-15H,5-10,12H2,1-2H3,(H,26,35)(H,27,28,30). The molecule has 1 aromatic carbocycles. The zero-order valence-corrected chi connectivity index (χ0v) is 20.7. The highest BCUT2D eigenvalue weighted by molar-refractivity contribution is 6.00.